The van der Waals surface area contributed by atoms with Crippen LogP contribution in [0, 0.1) is 162 Å². The minimum absolute atomic E-state index is 0.0000831. The Hall–Kier alpha value is -21.0. The molecule has 1 heterocycles. The number of nitriles is 11. The zero-order chi connectivity index (χ0) is 99.4. The number of aromatic nitrogens is 1. The molecule has 0 aliphatic rings. The van der Waals surface area contributed by atoms with Crippen LogP contribution < -0.4 is 21.5 Å². The highest BCUT2D eigenvalue weighted by Gasteiger charge is 2.14. The Morgan fingerprint density at radius 1 is 0.383 bits per heavy atom. The van der Waals surface area contributed by atoms with Crippen LogP contribution in [0.2, 0.25) is 0 Å². The molecule has 0 atom stereocenters. The van der Waals surface area contributed by atoms with E-state index in [-0.39, 0.29) is 108 Å². The first-order valence-electron chi connectivity index (χ1n) is 37.3. The van der Waals surface area contributed by atoms with Crippen molar-refractivity contribution in [2.45, 2.75) is 27.3 Å². The Kier molecular flexibility index (Phi) is 44.1. The number of aromatic hydroxyl groups is 13. The van der Waals surface area contributed by atoms with E-state index in [1.807, 2.05) is 97.2 Å². The third-order valence-corrected chi connectivity index (χ3v) is 16.8. The van der Waals surface area contributed by atoms with Crippen molar-refractivity contribution in [3.63, 3.8) is 0 Å². The number of terminal acetylenes is 3. The molecular weight excluding hydrogens is 1710 g/mol. The van der Waals surface area contributed by atoms with Gasteiger partial charge in [-0.3, -0.25) is 9.59 Å². The summed E-state index contributed by atoms with van der Waals surface area (Å²) in [6.45, 7) is 4.76. The van der Waals surface area contributed by atoms with E-state index in [1.165, 1.54) is 128 Å². The van der Waals surface area contributed by atoms with E-state index in [2.05, 4.69) is 28.1 Å². The monoisotopic (exact) mass is 1790 g/mol. The van der Waals surface area contributed by atoms with Crippen molar-refractivity contribution in [2.75, 3.05) is 7.11 Å². The van der Waals surface area contributed by atoms with Gasteiger partial charge in [-0.25, -0.2) is 0 Å². The van der Waals surface area contributed by atoms with Crippen LogP contribution in [-0.4, -0.2) is 95.0 Å². The number of benzene rings is 9. The molecule has 0 bridgehead atoms. The minimum atomic E-state index is -0.605. The number of carbonyl (C=O) groups excluding carboxylic acids is 2. The number of hydrogen-bond donors (Lipinski definition) is 17. The van der Waals surface area contributed by atoms with Gasteiger partial charge >= 0.3 is 0 Å². The van der Waals surface area contributed by atoms with E-state index in [1.54, 1.807) is 106 Å². The first-order chi connectivity index (χ1) is 63.4. The number of allylic oxidation sites excluding steroid dienone is 9. The summed E-state index contributed by atoms with van der Waals surface area (Å²) in [7, 11) is 1.58. The lowest BCUT2D eigenvalue weighted by Crippen LogP contribution is -2.23. The molecule has 9 aromatic carbocycles. The van der Waals surface area contributed by atoms with E-state index in [9.17, 15) is 35.1 Å². The quantitative estimate of drug-likeness (QED) is 0.0107. The number of methoxy groups -OCH3 is 1. The Labute approximate surface area is 768 Å². The van der Waals surface area contributed by atoms with E-state index >= 15 is 0 Å². The van der Waals surface area contributed by atoms with Crippen LogP contribution in [-0.2, 0) is 16.1 Å². The highest BCUT2D eigenvalue weighted by atomic mass is 32.1. The molecule has 31 nitrogen and oxygen atoms in total. The average molecular weight is 1790 g/mol. The summed E-state index contributed by atoms with van der Waals surface area (Å²) in [6.07, 6.45) is 28.6. The fraction of sp³-hybridized carbons (Fsp3) is 0.0495. The molecule has 19 N–H and O–H groups in total. The number of ether oxygens (including phenoxy) is 1. The second kappa shape index (κ2) is 55.2. The number of phenols is 13. The number of hydrogen-bond acceptors (Lipinski definition) is 30. The van der Waals surface area contributed by atoms with Gasteiger partial charge < -0.3 is 92.9 Å². The van der Waals surface area contributed by atoms with E-state index in [4.69, 9.17) is 146 Å². The number of Topliss-reactive ketones (excluding diaryl/α,β-unsaturated/α-hetero) is 1. The molecule has 0 fully saturated rings. The molecular formula is C101H75N15O16S. The summed E-state index contributed by atoms with van der Waals surface area (Å²) in [6, 6.07) is 67.8. The number of aromatic amines is 1. The van der Waals surface area contributed by atoms with Crippen molar-refractivity contribution < 1.29 is 80.7 Å². The number of nitrogens with two attached hydrogens (primary N) is 2. The number of H-pyrrole nitrogens is 1. The summed E-state index contributed by atoms with van der Waals surface area (Å²) < 4.78 is 4.98. The van der Waals surface area contributed by atoms with E-state index in [0.717, 1.165) is 38.9 Å². The normalized spacial score (nSPS) is 10.8. The fourth-order valence-corrected chi connectivity index (χ4v) is 9.84. The molecule has 0 saturated carbocycles. The highest BCUT2D eigenvalue weighted by molar-refractivity contribution is 7.80. The van der Waals surface area contributed by atoms with Crippen LogP contribution in [0.1, 0.15) is 70.8 Å². The van der Waals surface area contributed by atoms with Crippen molar-refractivity contribution in [2.24, 2.45) is 11.5 Å². The first kappa shape index (κ1) is 106. The largest absolute Gasteiger partial charge is 0.508 e. The van der Waals surface area contributed by atoms with E-state index < -0.39 is 40.4 Å². The predicted molar refractivity (Wildman–Crippen MR) is 499 cm³/mol. The lowest BCUT2D eigenvalue weighted by Gasteiger charge is -2.05. The topological polar surface area (TPSA) is 648 Å². The second-order valence-electron chi connectivity index (χ2n) is 26.0. The van der Waals surface area contributed by atoms with Gasteiger partial charge in [0.15, 0.2) is 74.8 Å². The van der Waals surface area contributed by atoms with E-state index in [0.29, 0.717) is 44.8 Å². The Morgan fingerprint density at radius 3 is 1.16 bits per heavy atom. The van der Waals surface area contributed by atoms with Crippen LogP contribution >= 0.6 is 12.2 Å². The molecule has 1 amide bonds. The van der Waals surface area contributed by atoms with Crippen molar-refractivity contribution >= 4 is 88.3 Å². The molecule has 32 heteroatoms. The molecule has 10 aromatic rings. The van der Waals surface area contributed by atoms with Gasteiger partial charge in [-0.05, 0) is 228 Å². The summed E-state index contributed by atoms with van der Waals surface area (Å²) in [5.41, 5.74) is 19.3. The van der Waals surface area contributed by atoms with Crippen molar-refractivity contribution in [1.82, 2.24) is 10.3 Å². The molecule has 10 rings (SSSR count). The Balaban J connectivity index is 0.000000393. The highest BCUT2D eigenvalue weighted by Crippen LogP contribution is 2.38. The van der Waals surface area contributed by atoms with Crippen molar-refractivity contribution in [3.05, 3.63) is 305 Å². The Bertz CT molecular complexity index is 6900. The zero-order valence-corrected chi connectivity index (χ0v) is 71.3. The van der Waals surface area contributed by atoms with Gasteiger partial charge in [0, 0.05) is 23.1 Å². The molecule has 0 aliphatic heterocycles. The number of fused-ring (bicyclic) bond motifs is 1. The van der Waals surface area contributed by atoms with Crippen LogP contribution in [0.4, 0.5) is 0 Å². The van der Waals surface area contributed by atoms with Crippen molar-refractivity contribution in [3.8, 4) is 184 Å². The summed E-state index contributed by atoms with van der Waals surface area (Å²) in [4.78, 5) is 26.4. The Morgan fingerprint density at radius 2 is 0.752 bits per heavy atom. The summed E-state index contributed by atoms with van der Waals surface area (Å²) in [5.74, 6) is 1.95. The van der Waals surface area contributed by atoms with Gasteiger partial charge in [-0.15, -0.1) is 19.3 Å². The predicted octanol–water partition coefficient (Wildman–Crippen LogP) is 15.6. The van der Waals surface area contributed by atoms with Crippen LogP contribution in [0.3, 0.4) is 0 Å². The molecule has 0 aliphatic carbocycles. The maximum atomic E-state index is 12.0. The summed E-state index contributed by atoms with van der Waals surface area (Å²) in [5, 5.41) is 219. The number of rotatable bonds is 16. The van der Waals surface area contributed by atoms with Gasteiger partial charge in [0.1, 0.15) is 100 Å². The third-order valence-electron chi connectivity index (χ3n) is 16.6. The number of phenolic OH excluding ortho intramolecular Hbond substituents is 13. The lowest BCUT2D eigenvalue weighted by atomic mass is 10.0. The minimum Gasteiger partial charge on any atom is -0.508 e. The molecule has 133 heavy (non-hydrogen) atoms. The van der Waals surface area contributed by atoms with Crippen LogP contribution in [0.25, 0.3) is 59.5 Å². The third kappa shape index (κ3) is 35.8. The SMILES string of the molecule is C#C/C(C#N)=C(N)/C(C#N)=C/c1ccc2[nH]ccc2c1.C#C/C(C#N)=C/c1cc(O)c(O)c(O)c1.C#C/C(C#N)=C/c1ccc(O)c(O)c1.C/C(C#N)=C(N)/C(C#N)=C/c1ccc(O)cc1.CC(=O)/C(C#N)=C/c1ccc(O)c(O)c1.CC(=S)/C(C#N)=C/c1cc(O)c(O)c(O)c1.COc1ccc(C=C(C#N)C#N)cc1.N#C/C(=C\c1ccc(O)c(O)c1)C(=O)NCc1ccccc1. The number of nitrogens with zero attached hydrogens (tertiary/aromatic N) is 11. The van der Waals surface area contributed by atoms with Crippen LogP contribution in [0.5, 0.6) is 80.5 Å². The fourth-order valence-electron chi connectivity index (χ4n) is 9.73. The number of amides is 1. The summed E-state index contributed by atoms with van der Waals surface area (Å²) >= 11 is 4.84. The zero-order valence-electron chi connectivity index (χ0n) is 70.5. The number of nitrogens with one attached hydrogen (secondary N) is 2. The lowest BCUT2D eigenvalue weighted by molar-refractivity contribution is -0.117. The van der Waals surface area contributed by atoms with Gasteiger partial charge in [-0.2, -0.15) is 57.9 Å². The molecule has 1 aromatic heterocycles. The number of thiocarbonyl (C=S) groups is 1. The standard InChI is InChI=1S/C17H14N2O3.C16H10N4.C13H11N3O.C11H8N2O.C11H9NO3S.C11H9NO3.C11H7NO3.C11H7NO2/c18-10-14(8-13-6-7-15(20)16(21)9-13)17(22)19-11-12-4-2-1-3-5-12;1-2-12(9-17)16(19)14(10-18)8-11-3-4-15-13(7-11)5-6-20-15;1-9(7-14)13(16)11(8-15)6-10-2-4-12(17)5-3-10;1-14-11-4-2-9(3-5-11)6-10(7-12)8-13;1-6(16)8(5-12)2-7-3-9(13)11(15)10(14)4-7;1-7(13)9(6-12)4-8-2-3-10(14)11(15)5-8;1-2-7(6-12)3-8-4-9(13)11(15)10(14)5-8;1-2-8(7-12)5-9-3-4-10(13)11(14)6-9/h1-9,20-21H,11H2,(H,19,22);1,3-8,20H,19H2;2-6,17H,16H2,1H3;2-6H,1H3;2-4,13-15H,1H3;2-5,14-15H,1H3;1,3-5,13-15H;1,3-6,13-14H/b14-8+;14-8+,16-12+;11-6+,13-9+;;8-2+;9-4+;7-3-;8-5-. The smallest absolute Gasteiger partial charge is 0.262 e. The van der Waals surface area contributed by atoms with Crippen molar-refractivity contribution in [1.29, 1.82) is 57.9 Å². The van der Waals surface area contributed by atoms with Crippen LogP contribution in [0.15, 0.2) is 255 Å². The maximum absolute atomic E-state index is 12.0. The molecule has 0 saturated heterocycles. The van der Waals surface area contributed by atoms with Gasteiger partial charge in [0.05, 0.1) is 52.4 Å². The first-order valence-corrected chi connectivity index (χ1v) is 37.7. The second-order valence-corrected chi connectivity index (χ2v) is 26.6. The molecule has 0 radical (unpaired) electrons. The van der Waals surface area contributed by atoms with Gasteiger partial charge in [-0.1, -0.05) is 109 Å². The maximum Gasteiger partial charge on any atom is 0.262 e. The molecule has 656 valence electrons. The molecule has 0 unspecified atom stereocenters. The average Bonchev–Trinajstić information content (AvgIpc) is 1.80. The number of carbonyl (C=O) groups is 2. The van der Waals surface area contributed by atoms with Gasteiger partial charge in [0.2, 0.25) is 0 Å². The molecule has 0 spiro atoms. The van der Waals surface area contributed by atoms with Gasteiger partial charge in [0.25, 0.3) is 5.91 Å². The number of ketones is 1.